The van der Waals surface area contributed by atoms with Crippen LogP contribution in [0, 0.1) is 27.7 Å². The first kappa shape index (κ1) is 100. The van der Waals surface area contributed by atoms with Crippen molar-refractivity contribution in [2.24, 2.45) is 0 Å². The number of rotatable bonds is 18. The number of ketones is 4. The van der Waals surface area contributed by atoms with E-state index in [0.717, 1.165) is 78.9 Å². The number of anilines is 4. The summed E-state index contributed by atoms with van der Waals surface area (Å²) in [6.45, 7) is 23.3. The molecule has 4 aromatic heterocycles. The maximum atomic E-state index is 13.2. The van der Waals surface area contributed by atoms with Gasteiger partial charge in [0.15, 0.2) is 17.5 Å². The Morgan fingerprint density at radius 3 is 0.791 bits per heavy atom. The van der Waals surface area contributed by atoms with Crippen LogP contribution >= 0.6 is 0 Å². The molecule has 4 N–H and O–H groups in total. The van der Waals surface area contributed by atoms with E-state index in [1.807, 2.05) is 72.7 Å². The number of Topliss-reactive ketones (excluding diaryl/α,β-unsaturated/α-hetero) is 4. The highest BCUT2D eigenvalue weighted by atomic mass is 19.4. The molecule has 4 unspecified atom stereocenters. The smallest absolute Gasteiger partial charge is 0.507 e. The minimum Gasteiger partial charge on any atom is -0.507 e. The van der Waals surface area contributed by atoms with Gasteiger partial charge < -0.3 is 29.9 Å². The van der Waals surface area contributed by atoms with Crippen molar-refractivity contribution in [3.63, 3.8) is 0 Å². The summed E-state index contributed by atoms with van der Waals surface area (Å²) in [5.41, 5.74) is 7.52. The third-order valence-corrected chi connectivity index (χ3v) is 23.4. The van der Waals surface area contributed by atoms with Crippen molar-refractivity contribution in [2.75, 3.05) is 26.7 Å². The average molecular weight is 1900 g/mol. The Morgan fingerprint density at radius 2 is 0.547 bits per heavy atom. The number of carbonyl (C=O) groups is 8. The highest BCUT2D eigenvalue weighted by molar-refractivity contribution is 6.54. The molecular weight excluding hydrogens is 1810 g/mol. The van der Waals surface area contributed by atoms with E-state index in [4.69, 9.17) is 4.74 Å². The fourth-order valence-electron chi connectivity index (χ4n) is 15.8. The van der Waals surface area contributed by atoms with Crippen molar-refractivity contribution in [3.8, 4) is 11.5 Å². The molecule has 0 spiro atoms. The molecule has 4 amide bonds. The number of aliphatic hydroxyl groups is 4. The third kappa shape index (κ3) is 21.9. The number of hydrogen-bond donors (Lipinski definition) is 4. The number of ether oxygens (including phenoxy) is 2. The predicted molar refractivity (Wildman–Crippen MR) is 500 cm³/mol. The first-order valence-corrected chi connectivity index (χ1v) is 43.6. The largest absolute Gasteiger partial charge is 0.573 e. The standard InChI is InChI=1S/C27H23F3N2O3.C26H22F3N3O4.C26H22F3N3O3.C26H25N3O4/c1-15(2)17-8-10-18(11-9-17)23-22(24(33)19-6-4-16(3)5-7-19)25(34)26(35)32(23)21-13-12-20(14-31-21)27(28,29)30;1-14(2)16-5-7-18(8-6-16)23(33)21-22(17-9-11-19(12-10-17)36-26(27,28)29)32(25(35)24(21)34)20-13-4-15(3)30-31-20;1-14(2)16-5-7-18(8-6-16)23(33)21-22(17-9-11-19(12-10-17)26(27,28)29)32(25(35)24(21)34)20-13-4-15(3)30-31-20;1-15(2)17-6-8-19(9-7-17)24(30)22-23(18-10-12-20(33-4)13-11-18)29(26(32)25(22)31)21-14-5-16(3)27-28-21/h4-15,23,33H,1-3H3;4-14,22,33H,1-3H3;4-14,22,33H,1-3H3;5-15,23,30H,1-4H3. The number of nitrogens with zero attached hydrogens (tertiary/aromatic N) is 11. The lowest BCUT2D eigenvalue weighted by Gasteiger charge is -2.25. The van der Waals surface area contributed by atoms with Gasteiger partial charge in [0.25, 0.3) is 23.1 Å². The molecule has 0 aliphatic carbocycles. The number of carbonyl (C=O) groups excluding carboxylic acids is 8. The molecule has 16 rings (SSSR count). The van der Waals surface area contributed by atoms with Crippen molar-refractivity contribution in [3.05, 3.63) is 372 Å². The van der Waals surface area contributed by atoms with Crippen LogP contribution < -0.4 is 29.1 Å². The van der Waals surface area contributed by atoms with Crippen LogP contribution in [-0.4, -0.2) is 116 Å². The highest BCUT2D eigenvalue weighted by Crippen LogP contribution is 2.49. The van der Waals surface area contributed by atoms with Gasteiger partial charge in [0.05, 0.1) is 81.8 Å². The Labute approximate surface area is 792 Å². The molecule has 4 fully saturated rings. The topological polar surface area (TPSA) is 339 Å². The summed E-state index contributed by atoms with van der Waals surface area (Å²) < 4.78 is 126. The fourth-order valence-corrected chi connectivity index (χ4v) is 15.8. The molecule has 4 atom stereocenters. The Bertz CT molecular complexity index is 6760. The zero-order valence-corrected chi connectivity index (χ0v) is 77.0. The van der Waals surface area contributed by atoms with Crippen LogP contribution in [0.5, 0.6) is 11.5 Å². The fraction of sp³-hybridized carbons (Fsp3) is 0.229. The molecule has 8 aromatic carbocycles. The van der Waals surface area contributed by atoms with Crippen LogP contribution in [0.1, 0.15) is 204 Å². The first-order valence-electron chi connectivity index (χ1n) is 43.6. The lowest BCUT2D eigenvalue weighted by Crippen LogP contribution is -2.30. The van der Waals surface area contributed by atoms with E-state index in [1.54, 1.807) is 173 Å². The minimum absolute atomic E-state index is 0.00448. The van der Waals surface area contributed by atoms with Crippen molar-refractivity contribution in [2.45, 2.75) is 150 Å². The molecule has 34 heteroatoms. The molecule has 4 saturated heterocycles. The molecule has 139 heavy (non-hydrogen) atoms. The third-order valence-electron chi connectivity index (χ3n) is 23.4. The van der Waals surface area contributed by atoms with E-state index in [-0.39, 0.29) is 86.0 Å². The molecule has 0 bridgehead atoms. The number of pyridine rings is 1. The van der Waals surface area contributed by atoms with Gasteiger partial charge in [-0.1, -0.05) is 219 Å². The number of benzene rings is 8. The Balaban J connectivity index is 0.000000156. The van der Waals surface area contributed by atoms with Gasteiger partial charge in [-0.25, -0.2) is 4.98 Å². The summed E-state index contributed by atoms with van der Waals surface area (Å²) in [5.74, 6) is -7.33. The molecule has 12 aromatic rings. The van der Waals surface area contributed by atoms with Gasteiger partial charge in [-0.3, -0.25) is 58.0 Å². The summed E-state index contributed by atoms with van der Waals surface area (Å²) in [6.07, 6.45) is -13.4. The molecule has 4 aliphatic rings. The van der Waals surface area contributed by atoms with Crippen molar-refractivity contribution < 1.29 is 108 Å². The first-order chi connectivity index (χ1) is 65.7. The van der Waals surface area contributed by atoms with Gasteiger partial charge in [0.2, 0.25) is 0 Å². The van der Waals surface area contributed by atoms with Gasteiger partial charge >= 0.3 is 42.3 Å². The van der Waals surface area contributed by atoms with Gasteiger partial charge in [0.1, 0.15) is 40.4 Å². The number of aliphatic hydroxyl groups excluding tert-OH is 4. The molecular formula is C105H92F9N11O14. The summed E-state index contributed by atoms with van der Waals surface area (Å²) in [4.78, 5) is 113. The maximum absolute atomic E-state index is 13.2. The van der Waals surface area contributed by atoms with Crippen LogP contribution in [0.2, 0.25) is 0 Å². The van der Waals surface area contributed by atoms with Crippen molar-refractivity contribution >= 4 is 93.1 Å². The SMILES string of the molecule is COc1ccc(C2C(=C(O)c3ccc(C(C)C)cc3)C(=O)C(=O)N2c2ccc(C)nn2)cc1.Cc1ccc(C(O)=C2C(=O)C(=O)N(c3ccc(C(F)(F)F)cn3)C2c2ccc(C(C)C)cc2)cc1.Cc1ccc(N2C(=O)C(=O)C(=C(O)c3ccc(C(C)C)cc3)C2c2ccc(C(F)(F)F)cc2)nn1.Cc1ccc(N2C(=O)C(=O)C(=C(O)c3ccc(C(C)C)cc3)C2c2ccc(OC(F)(F)F)cc2)nn1. The van der Waals surface area contributed by atoms with Gasteiger partial charge in [-0.2, -0.15) is 41.6 Å². The number of aryl methyl sites for hydroxylation is 4. The van der Waals surface area contributed by atoms with Crippen LogP contribution in [0.25, 0.3) is 23.0 Å². The minimum atomic E-state index is -4.88. The lowest BCUT2D eigenvalue weighted by atomic mass is 9.93. The molecule has 714 valence electrons. The summed E-state index contributed by atoms with van der Waals surface area (Å²) in [6, 6.07) is 58.0. The average Bonchev–Trinajstić information content (AvgIpc) is 1.61. The molecule has 8 heterocycles. The van der Waals surface area contributed by atoms with Gasteiger partial charge in [-0.05, 0) is 181 Å². The summed E-state index contributed by atoms with van der Waals surface area (Å²) >= 11 is 0. The van der Waals surface area contributed by atoms with E-state index in [1.165, 1.54) is 41.3 Å². The lowest BCUT2D eigenvalue weighted by molar-refractivity contribution is -0.274. The van der Waals surface area contributed by atoms with Crippen molar-refractivity contribution in [1.29, 1.82) is 0 Å². The molecule has 0 radical (unpaired) electrons. The van der Waals surface area contributed by atoms with Gasteiger partial charge in [-0.15, -0.1) is 28.5 Å². The molecule has 4 aliphatic heterocycles. The highest BCUT2D eigenvalue weighted by Gasteiger charge is 2.53. The number of halogens is 9. The predicted octanol–water partition coefficient (Wildman–Crippen LogP) is 21.7. The summed E-state index contributed by atoms with van der Waals surface area (Å²) in [5, 5.41) is 68.6. The molecule has 0 saturated carbocycles. The van der Waals surface area contributed by atoms with Crippen LogP contribution in [0.3, 0.4) is 0 Å². The monoisotopic (exact) mass is 1900 g/mol. The van der Waals surface area contributed by atoms with Gasteiger partial charge in [0, 0.05) is 28.5 Å². The Kier molecular flexibility index (Phi) is 29.7. The second-order valence-electron chi connectivity index (χ2n) is 34.2. The zero-order valence-electron chi connectivity index (χ0n) is 77.0. The number of alkyl halides is 9. The normalized spacial score (nSPS) is 17.8. The number of hydrogen-bond acceptors (Lipinski definition) is 21. The number of aromatic nitrogens is 7. The van der Waals surface area contributed by atoms with Crippen LogP contribution in [0.15, 0.2) is 271 Å². The summed E-state index contributed by atoms with van der Waals surface area (Å²) in [7, 11) is 1.56. The Hall–Kier alpha value is -16.2. The van der Waals surface area contributed by atoms with E-state index in [9.17, 15) is 98.3 Å². The van der Waals surface area contributed by atoms with E-state index >= 15 is 0 Å². The quantitative estimate of drug-likeness (QED) is 0.0268. The van der Waals surface area contributed by atoms with E-state index < -0.39 is 118 Å². The molecule has 25 nitrogen and oxygen atoms in total. The Morgan fingerprint density at radius 1 is 0.302 bits per heavy atom. The van der Waals surface area contributed by atoms with Crippen LogP contribution in [-0.2, 0) is 50.7 Å². The van der Waals surface area contributed by atoms with Crippen molar-refractivity contribution in [1.82, 2.24) is 35.6 Å². The second-order valence-corrected chi connectivity index (χ2v) is 34.2. The number of amides is 4. The second kappa shape index (κ2) is 41.2. The van der Waals surface area contributed by atoms with E-state index in [2.05, 4.69) is 54.2 Å². The van der Waals surface area contributed by atoms with Crippen LogP contribution in [0.4, 0.5) is 62.8 Å². The van der Waals surface area contributed by atoms with E-state index in [0.29, 0.717) is 68.3 Å². The zero-order chi connectivity index (χ0) is 101. The number of methoxy groups -OCH3 is 1. The maximum Gasteiger partial charge on any atom is 0.573 e.